The van der Waals surface area contributed by atoms with E-state index < -0.39 is 0 Å². The summed E-state index contributed by atoms with van der Waals surface area (Å²) in [6, 6.07) is 0. The van der Waals surface area contributed by atoms with Crippen molar-refractivity contribution in [2.75, 3.05) is 0 Å². The molecule has 0 spiro atoms. The second-order valence-corrected chi connectivity index (χ2v) is 2.26. The first-order valence-electron chi connectivity index (χ1n) is 2.29. The van der Waals surface area contributed by atoms with E-state index in [1.807, 2.05) is 17.6 Å². The summed E-state index contributed by atoms with van der Waals surface area (Å²) in [5.41, 5.74) is 0. The molecular weight excluding hydrogens is 120 g/mol. The quantitative estimate of drug-likeness (QED) is 0.537. The van der Waals surface area contributed by atoms with Crippen LogP contribution in [-0.4, -0.2) is 5.11 Å². The average molecular weight is 126 g/mol. The van der Waals surface area contributed by atoms with Crippen LogP contribution in [0.4, 0.5) is 0 Å². The SMILES string of the molecule is OC1=CC=CC=CS1. The van der Waals surface area contributed by atoms with Crippen molar-refractivity contribution >= 4 is 11.8 Å². The predicted octanol–water partition coefficient (Wildman–Crippen LogP) is 2.20. The smallest absolute Gasteiger partial charge is 0.154 e. The lowest BCUT2D eigenvalue weighted by molar-refractivity contribution is 0.457. The van der Waals surface area contributed by atoms with Gasteiger partial charge in [-0.2, -0.15) is 0 Å². The van der Waals surface area contributed by atoms with Gasteiger partial charge in [-0.15, -0.1) is 0 Å². The van der Waals surface area contributed by atoms with Gasteiger partial charge in [-0.3, -0.25) is 0 Å². The molecule has 0 aromatic heterocycles. The number of aliphatic hydroxyl groups is 1. The Morgan fingerprint density at radius 3 is 3.00 bits per heavy atom. The van der Waals surface area contributed by atoms with E-state index in [-0.39, 0.29) is 0 Å². The number of thioether (sulfide) groups is 1. The molecule has 1 aliphatic heterocycles. The molecule has 1 heterocycles. The second kappa shape index (κ2) is 2.62. The molecule has 0 aliphatic carbocycles. The van der Waals surface area contributed by atoms with E-state index in [1.54, 1.807) is 12.2 Å². The minimum Gasteiger partial charge on any atom is -0.502 e. The maximum Gasteiger partial charge on any atom is 0.154 e. The highest BCUT2D eigenvalue weighted by Crippen LogP contribution is 2.15. The zero-order chi connectivity index (χ0) is 5.82. The summed E-state index contributed by atoms with van der Waals surface area (Å²) in [4.78, 5) is 0. The molecule has 1 N–H and O–H groups in total. The molecule has 0 amide bonds. The molecule has 0 bridgehead atoms. The van der Waals surface area contributed by atoms with Crippen LogP contribution in [-0.2, 0) is 0 Å². The molecule has 1 aliphatic rings. The predicted molar refractivity (Wildman–Crippen MR) is 36.6 cm³/mol. The summed E-state index contributed by atoms with van der Waals surface area (Å²) in [5, 5.41) is 11.0. The van der Waals surface area contributed by atoms with Gasteiger partial charge in [-0.05, 0) is 11.5 Å². The van der Waals surface area contributed by atoms with Crippen molar-refractivity contribution in [1.29, 1.82) is 0 Å². The van der Waals surface area contributed by atoms with Crippen molar-refractivity contribution in [3.63, 3.8) is 0 Å². The zero-order valence-corrected chi connectivity index (χ0v) is 5.06. The summed E-state index contributed by atoms with van der Waals surface area (Å²) < 4.78 is 0. The van der Waals surface area contributed by atoms with Gasteiger partial charge in [-0.1, -0.05) is 30.0 Å². The van der Waals surface area contributed by atoms with Crippen LogP contribution in [0.1, 0.15) is 0 Å². The third-order valence-corrected chi connectivity index (χ3v) is 1.40. The van der Waals surface area contributed by atoms with Gasteiger partial charge in [0.2, 0.25) is 0 Å². The van der Waals surface area contributed by atoms with Gasteiger partial charge < -0.3 is 5.11 Å². The number of aliphatic hydroxyl groups excluding tert-OH is 1. The first-order valence-corrected chi connectivity index (χ1v) is 3.17. The van der Waals surface area contributed by atoms with E-state index in [0.717, 1.165) is 0 Å². The molecule has 8 heavy (non-hydrogen) atoms. The summed E-state index contributed by atoms with van der Waals surface area (Å²) in [6.07, 6.45) is 7.21. The molecule has 0 saturated carbocycles. The number of allylic oxidation sites excluding steroid dienone is 4. The highest BCUT2D eigenvalue weighted by molar-refractivity contribution is 8.05. The van der Waals surface area contributed by atoms with Crippen LogP contribution in [0.2, 0.25) is 0 Å². The summed E-state index contributed by atoms with van der Waals surface area (Å²) in [5.74, 6) is 0. The van der Waals surface area contributed by atoms with Crippen molar-refractivity contribution in [3.05, 3.63) is 34.8 Å². The van der Waals surface area contributed by atoms with Crippen molar-refractivity contribution < 1.29 is 5.11 Å². The van der Waals surface area contributed by atoms with E-state index in [4.69, 9.17) is 5.11 Å². The van der Waals surface area contributed by atoms with Crippen molar-refractivity contribution in [2.45, 2.75) is 0 Å². The van der Waals surface area contributed by atoms with E-state index in [1.165, 1.54) is 11.8 Å². The Labute approximate surface area is 52.4 Å². The standard InChI is InChI=1S/C6H6OS/c7-6-4-2-1-3-5-8-6/h1-5,7H. The topological polar surface area (TPSA) is 20.2 Å². The second-order valence-electron chi connectivity index (χ2n) is 1.34. The third kappa shape index (κ3) is 1.46. The largest absolute Gasteiger partial charge is 0.502 e. The van der Waals surface area contributed by atoms with Crippen LogP contribution in [0.25, 0.3) is 0 Å². The maximum atomic E-state index is 8.81. The molecule has 0 fully saturated rings. The van der Waals surface area contributed by atoms with E-state index >= 15 is 0 Å². The monoisotopic (exact) mass is 126 g/mol. The fourth-order valence-electron chi connectivity index (χ4n) is 0.396. The fourth-order valence-corrected chi connectivity index (χ4v) is 0.862. The van der Waals surface area contributed by atoms with Gasteiger partial charge in [0.15, 0.2) is 5.09 Å². The number of hydrogen-bond acceptors (Lipinski definition) is 2. The highest BCUT2D eigenvalue weighted by Gasteiger charge is 1.86. The van der Waals surface area contributed by atoms with Crippen molar-refractivity contribution in [3.8, 4) is 0 Å². The Hall–Kier alpha value is -0.630. The van der Waals surface area contributed by atoms with Gasteiger partial charge >= 0.3 is 0 Å². The summed E-state index contributed by atoms with van der Waals surface area (Å²) in [6.45, 7) is 0. The van der Waals surface area contributed by atoms with Gasteiger partial charge in [0.05, 0.1) is 0 Å². The van der Waals surface area contributed by atoms with Crippen LogP contribution in [0.3, 0.4) is 0 Å². The normalized spacial score (nSPS) is 17.8. The lowest BCUT2D eigenvalue weighted by Crippen LogP contribution is -1.63. The maximum absolute atomic E-state index is 8.81. The molecule has 0 saturated heterocycles. The summed E-state index contributed by atoms with van der Waals surface area (Å²) >= 11 is 1.31. The van der Waals surface area contributed by atoms with E-state index in [0.29, 0.717) is 5.09 Å². The zero-order valence-electron chi connectivity index (χ0n) is 4.24. The Kier molecular flexibility index (Phi) is 1.80. The van der Waals surface area contributed by atoms with E-state index in [2.05, 4.69) is 0 Å². The summed E-state index contributed by atoms with van der Waals surface area (Å²) in [7, 11) is 0. The lowest BCUT2D eigenvalue weighted by atomic mass is 10.5. The molecule has 2 heteroatoms. The molecule has 1 rings (SSSR count). The molecule has 0 aromatic rings. The third-order valence-electron chi connectivity index (χ3n) is 0.728. The Morgan fingerprint density at radius 2 is 2.12 bits per heavy atom. The van der Waals surface area contributed by atoms with E-state index in [9.17, 15) is 0 Å². The van der Waals surface area contributed by atoms with Crippen LogP contribution >= 0.6 is 11.8 Å². The molecule has 0 aromatic carbocycles. The molecule has 0 radical (unpaired) electrons. The van der Waals surface area contributed by atoms with Gasteiger partial charge in [0.25, 0.3) is 0 Å². The molecule has 0 unspecified atom stereocenters. The number of hydrogen-bond donors (Lipinski definition) is 1. The van der Waals surface area contributed by atoms with Crippen LogP contribution in [0, 0.1) is 0 Å². The minimum absolute atomic E-state index is 0.343. The van der Waals surface area contributed by atoms with Crippen molar-refractivity contribution in [2.24, 2.45) is 0 Å². The number of rotatable bonds is 0. The van der Waals surface area contributed by atoms with Crippen LogP contribution < -0.4 is 0 Å². The highest BCUT2D eigenvalue weighted by atomic mass is 32.2. The van der Waals surface area contributed by atoms with Crippen LogP contribution in [0.5, 0.6) is 0 Å². The van der Waals surface area contributed by atoms with Crippen molar-refractivity contribution in [1.82, 2.24) is 0 Å². The van der Waals surface area contributed by atoms with Gasteiger partial charge in [0, 0.05) is 0 Å². The van der Waals surface area contributed by atoms with Gasteiger partial charge in [0.1, 0.15) is 0 Å². The Morgan fingerprint density at radius 1 is 1.25 bits per heavy atom. The van der Waals surface area contributed by atoms with Crippen LogP contribution in [0.15, 0.2) is 34.8 Å². The molecule has 42 valence electrons. The minimum atomic E-state index is 0.343. The Balaban J connectivity index is 2.69. The first kappa shape index (κ1) is 5.51. The first-order chi connectivity index (χ1) is 3.89. The lowest BCUT2D eigenvalue weighted by Gasteiger charge is -1.85. The van der Waals surface area contributed by atoms with Gasteiger partial charge in [-0.25, -0.2) is 0 Å². The molecule has 0 atom stereocenters. The average Bonchev–Trinajstić information content (AvgIpc) is 1.94. The molecular formula is C6H6OS. The molecule has 1 nitrogen and oxygen atoms in total. The fraction of sp³-hybridized carbons (Fsp3) is 0. The Bertz CT molecular complexity index is 156.